The van der Waals surface area contributed by atoms with Crippen LogP contribution in [0, 0.1) is 17.2 Å². The molecule has 1 unspecified atom stereocenters. The number of nitrogens with zero attached hydrogens (tertiary/aromatic N) is 3. The van der Waals surface area contributed by atoms with E-state index < -0.39 is 6.09 Å². The molecule has 3 aromatic rings. The Kier molecular flexibility index (Phi) is 6.90. The van der Waals surface area contributed by atoms with Gasteiger partial charge in [-0.15, -0.1) is 11.3 Å². The van der Waals surface area contributed by atoms with Crippen molar-refractivity contribution >= 4 is 34.4 Å². The summed E-state index contributed by atoms with van der Waals surface area (Å²) >= 11 is 1.41. The number of furan rings is 1. The van der Waals surface area contributed by atoms with Crippen molar-refractivity contribution in [2.75, 3.05) is 11.9 Å². The van der Waals surface area contributed by atoms with Crippen LogP contribution in [-0.2, 0) is 36.0 Å². The number of hydrogen-bond acceptors (Lipinski definition) is 7. The Balaban J connectivity index is 1.31. The van der Waals surface area contributed by atoms with Crippen molar-refractivity contribution in [2.24, 2.45) is 13.0 Å². The predicted molar refractivity (Wildman–Crippen MR) is 122 cm³/mol. The number of carbonyl (C=O) groups is 2. The van der Waals surface area contributed by atoms with E-state index in [4.69, 9.17) is 9.15 Å². The highest BCUT2D eigenvalue weighted by molar-refractivity contribution is 7.16. The Morgan fingerprint density at radius 1 is 1.48 bits per heavy atom. The van der Waals surface area contributed by atoms with Crippen molar-refractivity contribution in [2.45, 2.75) is 25.8 Å². The first kappa shape index (κ1) is 22.4. The van der Waals surface area contributed by atoms with Gasteiger partial charge in [0.2, 0.25) is 5.91 Å². The summed E-state index contributed by atoms with van der Waals surface area (Å²) in [7, 11) is 1.82. The standard InChI is InChI=1S/C23H23N5O4S/c1-28-13-16(12-26-28)11-25-23(30)32-14-15-4-6-18-19(10-24)22(33-20(18)9-15)27-21(29)7-5-17-3-2-8-31-17/h2-3,5,7-8,12-13,15H,4,6,9,11,14H2,1H3,(H,25,30)(H,27,29)/b7-5+. The zero-order chi connectivity index (χ0) is 23.2. The number of fused-ring (bicyclic) bond motifs is 1. The molecule has 0 saturated carbocycles. The van der Waals surface area contributed by atoms with Crippen molar-refractivity contribution in [1.29, 1.82) is 5.26 Å². The van der Waals surface area contributed by atoms with Gasteiger partial charge in [-0.05, 0) is 49.0 Å². The van der Waals surface area contributed by atoms with Gasteiger partial charge in [-0.1, -0.05) is 0 Å². The van der Waals surface area contributed by atoms with E-state index in [9.17, 15) is 14.9 Å². The van der Waals surface area contributed by atoms with Crippen LogP contribution in [-0.4, -0.2) is 28.4 Å². The number of aromatic nitrogens is 2. The first-order valence-corrected chi connectivity index (χ1v) is 11.3. The normalized spacial score (nSPS) is 15.1. The summed E-state index contributed by atoms with van der Waals surface area (Å²) in [6.07, 6.45) is 9.74. The molecule has 0 bridgehead atoms. The number of alkyl carbamates (subject to hydrolysis) is 1. The lowest BCUT2D eigenvalue weighted by Crippen LogP contribution is -2.27. The Labute approximate surface area is 194 Å². The summed E-state index contributed by atoms with van der Waals surface area (Å²) in [5.41, 5.74) is 2.39. The van der Waals surface area contributed by atoms with Gasteiger partial charge in [-0.2, -0.15) is 10.4 Å². The highest BCUT2D eigenvalue weighted by Crippen LogP contribution is 2.39. The van der Waals surface area contributed by atoms with Crippen molar-refractivity contribution in [3.63, 3.8) is 0 Å². The first-order chi connectivity index (χ1) is 16.0. The second-order valence-electron chi connectivity index (χ2n) is 7.74. The minimum atomic E-state index is -0.468. The van der Waals surface area contributed by atoms with Crippen LogP contribution in [0.15, 0.2) is 41.3 Å². The summed E-state index contributed by atoms with van der Waals surface area (Å²) in [6.45, 7) is 0.654. The molecule has 1 aliphatic rings. The minimum absolute atomic E-state index is 0.161. The molecule has 9 nitrogen and oxygen atoms in total. The zero-order valence-corrected chi connectivity index (χ0v) is 18.9. The smallest absolute Gasteiger partial charge is 0.407 e. The minimum Gasteiger partial charge on any atom is -0.465 e. The van der Waals surface area contributed by atoms with Crippen molar-refractivity contribution in [3.8, 4) is 6.07 Å². The van der Waals surface area contributed by atoms with E-state index in [1.54, 1.807) is 29.1 Å². The molecule has 0 radical (unpaired) electrons. The van der Waals surface area contributed by atoms with Crippen LogP contribution in [0.5, 0.6) is 0 Å². The quantitative estimate of drug-likeness (QED) is 0.514. The number of thiophene rings is 1. The number of anilines is 1. The number of amides is 2. The number of nitrogens with one attached hydrogen (secondary N) is 2. The number of hydrogen-bond donors (Lipinski definition) is 2. The molecule has 3 aromatic heterocycles. The molecular formula is C23H23N5O4S. The molecular weight excluding hydrogens is 442 g/mol. The second-order valence-corrected chi connectivity index (χ2v) is 8.85. The van der Waals surface area contributed by atoms with E-state index in [0.29, 0.717) is 42.3 Å². The Bertz CT molecular complexity index is 1200. The van der Waals surface area contributed by atoms with Gasteiger partial charge in [0, 0.05) is 36.3 Å². The lowest BCUT2D eigenvalue weighted by Gasteiger charge is -2.21. The third kappa shape index (κ3) is 5.70. The van der Waals surface area contributed by atoms with Gasteiger partial charge in [0.05, 0.1) is 24.6 Å². The molecule has 0 aliphatic heterocycles. The van der Waals surface area contributed by atoms with E-state index in [1.807, 2.05) is 13.2 Å². The Morgan fingerprint density at radius 2 is 2.36 bits per heavy atom. The maximum atomic E-state index is 12.3. The van der Waals surface area contributed by atoms with Crippen LogP contribution in [0.2, 0.25) is 0 Å². The van der Waals surface area contributed by atoms with Gasteiger partial charge in [0.1, 0.15) is 16.8 Å². The first-order valence-electron chi connectivity index (χ1n) is 10.5. The zero-order valence-electron chi connectivity index (χ0n) is 18.0. The largest absolute Gasteiger partial charge is 0.465 e. The van der Waals surface area contributed by atoms with Crippen LogP contribution in [0.3, 0.4) is 0 Å². The van der Waals surface area contributed by atoms with E-state index in [0.717, 1.165) is 22.4 Å². The molecule has 2 N–H and O–H groups in total. The lowest BCUT2D eigenvalue weighted by atomic mass is 9.88. The molecule has 2 amide bonds. The Morgan fingerprint density at radius 3 is 3.09 bits per heavy atom. The van der Waals surface area contributed by atoms with Gasteiger partial charge in [0.25, 0.3) is 0 Å². The van der Waals surface area contributed by atoms with Crippen LogP contribution in [0.4, 0.5) is 9.80 Å². The monoisotopic (exact) mass is 465 g/mol. The molecule has 10 heteroatoms. The summed E-state index contributed by atoms with van der Waals surface area (Å²) in [5.74, 6) is 0.407. The summed E-state index contributed by atoms with van der Waals surface area (Å²) in [5, 5.41) is 19.8. The lowest BCUT2D eigenvalue weighted by molar-refractivity contribution is -0.111. The van der Waals surface area contributed by atoms with Gasteiger partial charge in [-0.3, -0.25) is 9.48 Å². The number of carbonyl (C=O) groups excluding carboxylic acids is 2. The summed E-state index contributed by atoms with van der Waals surface area (Å²) < 4.78 is 12.2. The van der Waals surface area contributed by atoms with Crippen LogP contribution < -0.4 is 10.6 Å². The fraction of sp³-hybridized carbons (Fsp3) is 0.304. The topological polar surface area (TPSA) is 122 Å². The van der Waals surface area contributed by atoms with Crippen LogP contribution >= 0.6 is 11.3 Å². The average Bonchev–Trinajstić information content (AvgIpc) is 3.54. The van der Waals surface area contributed by atoms with Gasteiger partial charge in [-0.25, -0.2) is 4.79 Å². The van der Waals surface area contributed by atoms with E-state index in [-0.39, 0.29) is 11.8 Å². The molecule has 0 spiro atoms. The molecule has 0 saturated heterocycles. The molecule has 1 atom stereocenters. The van der Waals surface area contributed by atoms with Crippen molar-refractivity contribution < 1.29 is 18.7 Å². The highest BCUT2D eigenvalue weighted by atomic mass is 32.1. The van der Waals surface area contributed by atoms with Gasteiger partial charge in [0.15, 0.2) is 0 Å². The molecule has 3 heterocycles. The maximum Gasteiger partial charge on any atom is 0.407 e. The number of ether oxygens (including phenoxy) is 1. The summed E-state index contributed by atoms with van der Waals surface area (Å²) in [6, 6.07) is 5.71. The molecule has 0 fully saturated rings. The van der Waals surface area contributed by atoms with Crippen molar-refractivity contribution in [3.05, 3.63) is 64.2 Å². The number of nitriles is 1. The van der Waals surface area contributed by atoms with Crippen LogP contribution in [0.1, 0.15) is 33.7 Å². The van der Waals surface area contributed by atoms with E-state index in [1.165, 1.54) is 23.7 Å². The van der Waals surface area contributed by atoms with Crippen LogP contribution in [0.25, 0.3) is 6.08 Å². The van der Waals surface area contributed by atoms with Crippen molar-refractivity contribution in [1.82, 2.24) is 15.1 Å². The molecule has 4 rings (SSSR count). The van der Waals surface area contributed by atoms with Gasteiger partial charge >= 0.3 is 6.09 Å². The fourth-order valence-corrected chi connectivity index (χ4v) is 5.00. The molecule has 1 aliphatic carbocycles. The van der Waals surface area contributed by atoms with Gasteiger partial charge < -0.3 is 19.8 Å². The molecule has 33 heavy (non-hydrogen) atoms. The highest BCUT2D eigenvalue weighted by Gasteiger charge is 2.27. The number of rotatable bonds is 7. The molecule has 170 valence electrons. The maximum absolute atomic E-state index is 12.3. The summed E-state index contributed by atoms with van der Waals surface area (Å²) in [4.78, 5) is 25.4. The predicted octanol–water partition coefficient (Wildman–Crippen LogP) is 3.63. The third-order valence-electron chi connectivity index (χ3n) is 5.30. The number of aryl methyl sites for hydroxylation is 1. The second kappa shape index (κ2) is 10.2. The van der Waals surface area contributed by atoms with E-state index in [2.05, 4.69) is 21.8 Å². The molecule has 0 aromatic carbocycles. The average molecular weight is 466 g/mol. The SMILES string of the molecule is Cn1cc(CNC(=O)OCC2CCc3c(sc(NC(=O)/C=C/c4ccco4)c3C#N)C2)cn1. The Hall–Kier alpha value is -3.84. The fourth-order valence-electron chi connectivity index (χ4n) is 3.68. The third-order valence-corrected chi connectivity index (χ3v) is 6.47. The van der Waals surface area contributed by atoms with E-state index >= 15 is 0 Å².